The molecule has 0 aliphatic carbocycles. The maximum absolute atomic E-state index is 12.1. The summed E-state index contributed by atoms with van der Waals surface area (Å²) in [5.41, 5.74) is 1.97. The SMILES string of the molecule is CCOC(=O)c1cncnc1Nc1nc2scc(-c3ccccc3OC)n2n1. The van der Waals surface area contributed by atoms with Crippen LogP contribution in [-0.2, 0) is 4.74 Å². The maximum atomic E-state index is 12.1. The van der Waals surface area contributed by atoms with Gasteiger partial charge in [0.15, 0.2) is 5.82 Å². The lowest BCUT2D eigenvalue weighted by Gasteiger charge is -2.07. The monoisotopic (exact) mass is 396 g/mol. The van der Waals surface area contributed by atoms with Crippen LogP contribution in [0.3, 0.4) is 0 Å². The number of hydrogen-bond donors (Lipinski definition) is 1. The van der Waals surface area contributed by atoms with E-state index in [0.29, 0.717) is 10.9 Å². The molecule has 0 radical (unpaired) electrons. The largest absolute Gasteiger partial charge is 0.496 e. The van der Waals surface area contributed by atoms with E-state index in [0.717, 1.165) is 17.0 Å². The third kappa shape index (κ3) is 3.25. The number of hydrogen-bond acceptors (Lipinski definition) is 9. The van der Waals surface area contributed by atoms with Gasteiger partial charge in [-0.1, -0.05) is 12.1 Å². The van der Waals surface area contributed by atoms with E-state index in [1.807, 2.05) is 29.6 Å². The zero-order chi connectivity index (χ0) is 19.5. The number of esters is 1. The fourth-order valence-electron chi connectivity index (χ4n) is 2.67. The number of nitrogens with zero attached hydrogens (tertiary/aromatic N) is 5. The number of thiazole rings is 1. The van der Waals surface area contributed by atoms with Crippen LogP contribution in [0.15, 0.2) is 42.2 Å². The predicted molar refractivity (Wildman–Crippen MR) is 104 cm³/mol. The Bertz CT molecular complexity index is 1140. The summed E-state index contributed by atoms with van der Waals surface area (Å²) < 4.78 is 12.2. The molecule has 0 saturated heterocycles. The standard InChI is InChI=1S/C18H16N6O3S/c1-3-27-16(25)12-8-19-10-20-15(12)21-17-22-18-24(23-17)13(9-28-18)11-6-4-5-7-14(11)26-2/h4-10H,3H2,1-2H3,(H,19,20,21,23). The highest BCUT2D eigenvalue weighted by Crippen LogP contribution is 2.32. The number of aromatic nitrogens is 5. The minimum atomic E-state index is -0.513. The summed E-state index contributed by atoms with van der Waals surface area (Å²) >= 11 is 1.45. The topological polar surface area (TPSA) is 104 Å². The van der Waals surface area contributed by atoms with E-state index in [1.54, 1.807) is 18.5 Å². The van der Waals surface area contributed by atoms with Crippen LogP contribution in [0, 0.1) is 0 Å². The number of anilines is 2. The molecule has 0 fully saturated rings. The molecule has 3 aromatic heterocycles. The van der Waals surface area contributed by atoms with Gasteiger partial charge < -0.3 is 14.8 Å². The summed E-state index contributed by atoms with van der Waals surface area (Å²) in [6.45, 7) is 1.99. The summed E-state index contributed by atoms with van der Waals surface area (Å²) in [5, 5.41) is 9.44. The molecule has 1 aromatic carbocycles. The van der Waals surface area contributed by atoms with Crippen molar-refractivity contribution in [3.8, 4) is 17.0 Å². The number of ether oxygens (including phenoxy) is 2. The van der Waals surface area contributed by atoms with Gasteiger partial charge in [0.1, 0.15) is 17.6 Å². The summed E-state index contributed by atoms with van der Waals surface area (Å²) in [6.07, 6.45) is 2.73. The average molecular weight is 396 g/mol. The van der Waals surface area contributed by atoms with Crippen molar-refractivity contribution in [2.75, 3.05) is 19.0 Å². The fraction of sp³-hybridized carbons (Fsp3) is 0.167. The number of carbonyl (C=O) groups is 1. The molecule has 3 heterocycles. The van der Waals surface area contributed by atoms with Crippen molar-refractivity contribution in [1.29, 1.82) is 0 Å². The predicted octanol–water partition coefficient (Wildman–Crippen LogP) is 3.18. The van der Waals surface area contributed by atoms with Gasteiger partial charge in [0.25, 0.3) is 0 Å². The lowest BCUT2D eigenvalue weighted by atomic mass is 10.1. The first-order valence-corrected chi connectivity index (χ1v) is 9.31. The molecule has 0 aliphatic heterocycles. The van der Waals surface area contributed by atoms with E-state index in [2.05, 4.69) is 25.4 Å². The lowest BCUT2D eigenvalue weighted by molar-refractivity contribution is 0.0526. The molecule has 28 heavy (non-hydrogen) atoms. The number of fused-ring (bicyclic) bond motifs is 1. The second-order valence-corrected chi connectivity index (χ2v) is 6.42. The van der Waals surface area contributed by atoms with E-state index in [4.69, 9.17) is 9.47 Å². The van der Waals surface area contributed by atoms with E-state index < -0.39 is 5.97 Å². The van der Waals surface area contributed by atoms with Crippen molar-refractivity contribution < 1.29 is 14.3 Å². The first-order valence-electron chi connectivity index (χ1n) is 8.43. The van der Waals surface area contributed by atoms with E-state index in [1.165, 1.54) is 23.9 Å². The Hall–Kier alpha value is -3.53. The molecule has 0 unspecified atom stereocenters. The second-order valence-electron chi connectivity index (χ2n) is 5.58. The summed E-state index contributed by atoms with van der Waals surface area (Å²) in [6, 6.07) is 7.69. The van der Waals surface area contributed by atoms with Gasteiger partial charge in [-0.05, 0) is 19.1 Å². The molecule has 0 saturated carbocycles. The molecule has 142 valence electrons. The Labute approximate surface area is 164 Å². The third-order valence-electron chi connectivity index (χ3n) is 3.90. The average Bonchev–Trinajstić information content (AvgIpc) is 3.28. The number of nitrogens with one attached hydrogen (secondary N) is 1. The minimum absolute atomic E-state index is 0.215. The van der Waals surface area contributed by atoms with Crippen LogP contribution in [0.4, 0.5) is 11.8 Å². The Morgan fingerprint density at radius 3 is 3.00 bits per heavy atom. The first kappa shape index (κ1) is 17.9. The Balaban J connectivity index is 1.70. The Morgan fingerprint density at radius 1 is 1.32 bits per heavy atom. The molecule has 4 aromatic rings. The summed E-state index contributed by atoms with van der Waals surface area (Å²) in [7, 11) is 1.63. The van der Waals surface area contributed by atoms with Crippen LogP contribution in [-0.4, -0.2) is 44.3 Å². The van der Waals surface area contributed by atoms with Gasteiger partial charge in [-0.3, -0.25) is 0 Å². The van der Waals surface area contributed by atoms with E-state index >= 15 is 0 Å². The summed E-state index contributed by atoms with van der Waals surface area (Å²) in [4.78, 5) is 25.2. The highest BCUT2D eigenvalue weighted by atomic mass is 32.1. The van der Waals surface area contributed by atoms with Crippen molar-refractivity contribution in [3.63, 3.8) is 0 Å². The van der Waals surface area contributed by atoms with Gasteiger partial charge in [0, 0.05) is 17.1 Å². The molecule has 0 aliphatic rings. The molecule has 0 spiro atoms. The van der Waals surface area contributed by atoms with Crippen molar-refractivity contribution in [3.05, 3.63) is 47.7 Å². The molecule has 1 N–H and O–H groups in total. The van der Waals surface area contributed by atoms with Crippen LogP contribution >= 0.6 is 11.3 Å². The Morgan fingerprint density at radius 2 is 2.18 bits per heavy atom. The lowest BCUT2D eigenvalue weighted by Crippen LogP contribution is -2.10. The van der Waals surface area contributed by atoms with E-state index in [9.17, 15) is 4.79 Å². The number of benzene rings is 1. The van der Waals surface area contributed by atoms with Crippen LogP contribution in [0.25, 0.3) is 16.2 Å². The smallest absolute Gasteiger partial charge is 0.343 e. The second kappa shape index (κ2) is 7.61. The molecule has 0 atom stereocenters. The van der Waals surface area contributed by atoms with Crippen LogP contribution in [0.2, 0.25) is 0 Å². The summed E-state index contributed by atoms with van der Waals surface area (Å²) in [5.74, 6) is 0.826. The molecule has 0 bridgehead atoms. The molecular formula is C18H16N6O3S. The van der Waals surface area contributed by atoms with Crippen molar-refractivity contribution in [2.45, 2.75) is 6.92 Å². The minimum Gasteiger partial charge on any atom is -0.496 e. The van der Waals surface area contributed by atoms with Crippen molar-refractivity contribution in [2.24, 2.45) is 0 Å². The van der Waals surface area contributed by atoms with Crippen LogP contribution in [0.5, 0.6) is 5.75 Å². The van der Waals surface area contributed by atoms with Crippen LogP contribution < -0.4 is 10.1 Å². The molecule has 9 nitrogen and oxygen atoms in total. The van der Waals surface area contributed by atoms with Gasteiger partial charge >= 0.3 is 5.97 Å². The zero-order valence-corrected chi connectivity index (χ0v) is 15.9. The zero-order valence-electron chi connectivity index (χ0n) is 15.1. The van der Waals surface area contributed by atoms with Gasteiger partial charge in [-0.2, -0.15) is 4.98 Å². The van der Waals surface area contributed by atoms with Gasteiger partial charge in [0.2, 0.25) is 10.9 Å². The van der Waals surface area contributed by atoms with Gasteiger partial charge in [-0.25, -0.2) is 19.3 Å². The third-order valence-corrected chi connectivity index (χ3v) is 4.72. The van der Waals surface area contributed by atoms with Crippen molar-refractivity contribution in [1.82, 2.24) is 24.6 Å². The molecule has 4 rings (SSSR count). The normalized spacial score (nSPS) is 10.8. The molecule has 0 amide bonds. The van der Waals surface area contributed by atoms with Crippen molar-refractivity contribution >= 4 is 34.0 Å². The number of rotatable bonds is 6. The molecule has 10 heteroatoms. The highest BCUT2D eigenvalue weighted by Gasteiger charge is 2.18. The molecular weight excluding hydrogens is 380 g/mol. The first-order chi connectivity index (χ1) is 13.7. The number of methoxy groups -OCH3 is 1. The van der Waals surface area contributed by atoms with Gasteiger partial charge in [0.05, 0.1) is 19.4 Å². The maximum Gasteiger partial charge on any atom is 0.343 e. The van der Waals surface area contributed by atoms with Crippen LogP contribution in [0.1, 0.15) is 17.3 Å². The fourth-order valence-corrected chi connectivity index (χ4v) is 3.49. The highest BCUT2D eigenvalue weighted by molar-refractivity contribution is 7.15. The number of carbonyl (C=O) groups excluding carboxylic acids is 1. The van der Waals surface area contributed by atoms with E-state index in [-0.39, 0.29) is 18.0 Å². The number of para-hydroxylation sites is 1. The van der Waals surface area contributed by atoms with Gasteiger partial charge in [-0.15, -0.1) is 16.4 Å². The quantitative estimate of drug-likeness (QED) is 0.496. The Kier molecular flexibility index (Phi) is 4.85.